The Hall–Kier alpha value is -2.66. The summed E-state index contributed by atoms with van der Waals surface area (Å²) in [6, 6.07) is 0. The molecule has 2 fully saturated rings. The van der Waals surface area contributed by atoms with Crippen LogP contribution in [0.25, 0.3) is 0 Å². The van der Waals surface area contributed by atoms with Crippen molar-refractivity contribution < 1.29 is 27.2 Å². The van der Waals surface area contributed by atoms with Crippen molar-refractivity contribution in [3.05, 3.63) is 35.0 Å². The second-order valence-corrected chi connectivity index (χ2v) is 9.91. The molecule has 168 valence electrons. The molecule has 1 saturated carbocycles. The highest BCUT2D eigenvalue weighted by Gasteiger charge is 2.47. The van der Waals surface area contributed by atoms with Gasteiger partial charge >= 0.3 is 5.97 Å². The third kappa shape index (κ3) is 3.76. The standard InChI is InChI=1S/C20H26N4O6S/c1-12-17(20(26)29-4)18(13(2)30-12)31(27,28)24-7-5-23(6-8-24)19(25)16-9-15(16)14-10-21-22(3)11-14/h10-11,15-16H,5-9H2,1-4H3. The number of nitrogens with zero attached hydrogens (tertiary/aromatic N) is 4. The van der Waals surface area contributed by atoms with Crippen molar-refractivity contribution >= 4 is 21.9 Å². The van der Waals surface area contributed by atoms with Crippen molar-refractivity contribution in [1.29, 1.82) is 0 Å². The van der Waals surface area contributed by atoms with E-state index in [9.17, 15) is 18.0 Å². The number of methoxy groups -OCH3 is 1. The van der Waals surface area contributed by atoms with E-state index in [-0.39, 0.29) is 52.8 Å². The third-order valence-electron chi connectivity index (χ3n) is 6.00. The van der Waals surface area contributed by atoms with Crippen molar-refractivity contribution in [2.75, 3.05) is 33.3 Å². The lowest BCUT2D eigenvalue weighted by atomic mass is 10.2. The van der Waals surface area contributed by atoms with E-state index in [4.69, 9.17) is 9.15 Å². The van der Waals surface area contributed by atoms with Gasteiger partial charge in [0.25, 0.3) is 0 Å². The molecular formula is C20H26N4O6S. The van der Waals surface area contributed by atoms with Crippen LogP contribution < -0.4 is 0 Å². The molecule has 1 amide bonds. The fourth-order valence-electron chi connectivity index (χ4n) is 4.29. The molecule has 0 N–H and O–H groups in total. The summed E-state index contributed by atoms with van der Waals surface area (Å²) < 4.78 is 39.7. The molecule has 11 heteroatoms. The predicted molar refractivity (Wildman–Crippen MR) is 109 cm³/mol. The molecular weight excluding hydrogens is 424 g/mol. The summed E-state index contributed by atoms with van der Waals surface area (Å²) in [6.07, 6.45) is 4.51. The van der Waals surface area contributed by atoms with Crippen molar-refractivity contribution in [3.63, 3.8) is 0 Å². The largest absolute Gasteiger partial charge is 0.465 e. The fourth-order valence-corrected chi connectivity index (χ4v) is 6.08. The minimum Gasteiger partial charge on any atom is -0.465 e. The maximum atomic E-state index is 13.3. The number of piperazine rings is 1. The Morgan fingerprint density at radius 2 is 1.84 bits per heavy atom. The topological polar surface area (TPSA) is 115 Å². The van der Waals surface area contributed by atoms with Crippen molar-refractivity contribution in [3.8, 4) is 0 Å². The minimum absolute atomic E-state index is 0.0523. The number of esters is 1. The van der Waals surface area contributed by atoms with E-state index < -0.39 is 16.0 Å². The summed E-state index contributed by atoms with van der Waals surface area (Å²) in [5.41, 5.74) is 0.985. The second-order valence-electron chi connectivity index (χ2n) is 8.04. The van der Waals surface area contributed by atoms with Crippen molar-refractivity contribution in [2.24, 2.45) is 13.0 Å². The molecule has 1 saturated heterocycles. The van der Waals surface area contributed by atoms with Gasteiger partial charge in [-0.05, 0) is 31.7 Å². The zero-order valence-corrected chi connectivity index (χ0v) is 18.8. The molecule has 1 aliphatic heterocycles. The second kappa shape index (κ2) is 7.79. The highest BCUT2D eigenvalue weighted by atomic mass is 32.2. The molecule has 2 aliphatic rings. The Morgan fingerprint density at radius 3 is 2.42 bits per heavy atom. The molecule has 0 aromatic carbocycles. The van der Waals surface area contributed by atoms with E-state index >= 15 is 0 Å². The summed E-state index contributed by atoms with van der Waals surface area (Å²) in [5.74, 6) is -0.242. The summed E-state index contributed by atoms with van der Waals surface area (Å²) in [4.78, 5) is 26.6. The zero-order chi connectivity index (χ0) is 22.5. The molecule has 2 aromatic heterocycles. The number of ether oxygens (including phenoxy) is 1. The lowest BCUT2D eigenvalue weighted by molar-refractivity contribution is -0.133. The molecule has 4 rings (SSSR count). The van der Waals surface area contributed by atoms with Crippen LogP contribution in [0.3, 0.4) is 0 Å². The van der Waals surface area contributed by atoms with E-state index in [0.717, 1.165) is 12.0 Å². The van der Waals surface area contributed by atoms with E-state index in [1.165, 1.54) is 25.3 Å². The maximum absolute atomic E-state index is 13.3. The first kappa shape index (κ1) is 21.6. The average Bonchev–Trinajstić information content (AvgIpc) is 3.32. The lowest BCUT2D eigenvalue weighted by Gasteiger charge is -2.34. The number of amides is 1. The Bertz CT molecular complexity index is 1130. The summed E-state index contributed by atoms with van der Waals surface area (Å²) in [5, 5.41) is 4.16. The minimum atomic E-state index is -3.97. The van der Waals surface area contributed by atoms with Crippen molar-refractivity contribution in [2.45, 2.75) is 31.1 Å². The summed E-state index contributed by atoms with van der Waals surface area (Å²) in [6.45, 7) is 3.96. The Balaban J connectivity index is 1.44. The number of hydrogen-bond acceptors (Lipinski definition) is 7. The van der Waals surface area contributed by atoms with Gasteiger partial charge in [0.15, 0.2) is 0 Å². The van der Waals surface area contributed by atoms with E-state index in [1.54, 1.807) is 15.8 Å². The monoisotopic (exact) mass is 450 g/mol. The zero-order valence-electron chi connectivity index (χ0n) is 18.0. The Morgan fingerprint density at radius 1 is 1.16 bits per heavy atom. The van der Waals surface area contributed by atoms with Gasteiger partial charge in [0.05, 0.1) is 13.3 Å². The van der Waals surface area contributed by atoms with E-state index in [2.05, 4.69) is 5.10 Å². The molecule has 0 bridgehead atoms. The number of hydrogen-bond donors (Lipinski definition) is 0. The highest BCUT2D eigenvalue weighted by Crippen LogP contribution is 2.48. The molecule has 3 heterocycles. The SMILES string of the molecule is COC(=O)c1c(C)oc(C)c1S(=O)(=O)N1CCN(C(=O)C2CC2c2cnn(C)c2)CC1. The summed E-state index contributed by atoms with van der Waals surface area (Å²) in [7, 11) is -0.932. The molecule has 31 heavy (non-hydrogen) atoms. The quantitative estimate of drug-likeness (QED) is 0.626. The van der Waals surface area contributed by atoms with Gasteiger partial charge in [-0.2, -0.15) is 9.40 Å². The normalized spacial score (nSPS) is 21.9. The maximum Gasteiger partial charge on any atom is 0.342 e. The Labute approximate surface area is 180 Å². The molecule has 0 spiro atoms. The van der Waals surface area contributed by atoms with Crippen LogP contribution in [0.2, 0.25) is 0 Å². The van der Waals surface area contributed by atoms with Crippen LogP contribution in [0.4, 0.5) is 0 Å². The number of sulfonamides is 1. The molecule has 10 nitrogen and oxygen atoms in total. The number of aryl methyl sites for hydroxylation is 3. The average molecular weight is 451 g/mol. The molecule has 1 aliphatic carbocycles. The van der Waals surface area contributed by atoms with Crippen LogP contribution in [-0.4, -0.2) is 72.6 Å². The Kier molecular flexibility index (Phi) is 5.42. The molecule has 2 atom stereocenters. The summed E-state index contributed by atoms with van der Waals surface area (Å²) >= 11 is 0. The van der Waals surface area contributed by atoms with E-state index in [1.807, 2.05) is 13.2 Å². The number of rotatable bonds is 5. The number of carbonyl (C=O) groups is 2. The van der Waals surface area contributed by atoms with Gasteiger partial charge in [-0.3, -0.25) is 9.48 Å². The molecule has 2 unspecified atom stereocenters. The predicted octanol–water partition coefficient (Wildman–Crippen LogP) is 1.05. The van der Waals surface area contributed by atoms with Gasteiger partial charge in [0.2, 0.25) is 15.9 Å². The smallest absolute Gasteiger partial charge is 0.342 e. The van der Waals surface area contributed by atoms with Crippen molar-refractivity contribution in [1.82, 2.24) is 19.0 Å². The lowest BCUT2D eigenvalue weighted by Crippen LogP contribution is -2.51. The molecule has 2 aromatic rings. The van der Waals surface area contributed by atoms with Gasteiger partial charge in [0, 0.05) is 45.3 Å². The third-order valence-corrected chi connectivity index (χ3v) is 8.06. The fraction of sp³-hybridized carbons (Fsp3) is 0.550. The van der Waals surface area contributed by atoms with Crippen LogP contribution in [-0.2, 0) is 26.6 Å². The number of carbonyl (C=O) groups excluding carboxylic acids is 2. The first-order valence-electron chi connectivity index (χ1n) is 10.1. The van der Waals surface area contributed by atoms with Gasteiger partial charge in [-0.25, -0.2) is 13.2 Å². The first-order valence-corrected chi connectivity index (χ1v) is 11.5. The number of furan rings is 1. The van der Waals surface area contributed by atoms with Gasteiger partial charge in [-0.1, -0.05) is 0 Å². The first-order chi connectivity index (χ1) is 14.6. The van der Waals surface area contributed by atoms with Crippen LogP contribution in [0.1, 0.15) is 39.8 Å². The van der Waals surface area contributed by atoms with Crippen LogP contribution in [0.5, 0.6) is 0 Å². The van der Waals surface area contributed by atoms with Gasteiger partial charge < -0.3 is 14.1 Å². The molecule has 0 radical (unpaired) electrons. The van der Waals surface area contributed by atoms with Crippen LogP contribution >= 0.6 is 0 Å². The van der Waals surface area contributed by atoms with Gasteiger partial charge in [-0.15, -0.1) is 0 Å². The van der Waals surface area contributed by atoms with Crippen LogP contribution in [0, 0.1) is 19.8 Å². The highest BCUT2D eigenvalue weighted by molar-refractivity contribution is 7.89. The van der Waals surface area contributed by atoms with Gasteiger partial charge in [0.1, 0.15) is 22.0 Å². The van der Waals surface area contributed by atoms with E-state index in [0.29, 0.717) is 13.1 Å². The number of aromatic nitrogens is 2. The van der Waals surface area contributed by atoms with Crippen LogP contribution in [0.15, 0.2) is 21.7 Å².